The van der Waals surface area contributed by atoms with Crippen LogP contribution in [0.4, 0.5) is 5.69 Å². The number of benzene rings is 2. The largest absolute Gasteiger partial charge is 0.506 e. The van der Waals surface area contributed by atoms with Crippen LogP contribution in [0.2, 0.25) is 5.02 Å². The number of anilines is 1. The molecule has 2 aromatic carbocycles. The molecular weight excluding hydrogens is 272 g/mol. The first-order valence-corrected chi connectivity index (χ1v) is 6.66. The monoisotopic (exact) mass is 284 g/mol. The molecule has 3 aromatic rings. The van der Waals surface area contributed by atoms with Crippen LogP contribution in [-0.2, 0) is 6.54 Å². The smallest absolute Gasteiger partial charge is 0.134 e. The van der Waals surface area contributed by atoms with Gasteiger partial charge in [0.05, 0.1) is 10.5 Å². The number of aromatic hydroxyl groups is 1. The topological polar surface area (TPSA) is 45.1 Å². The molecule has 0 bridgehead atoms. The number of pyridine rings is 1. The fourth-order valence-corrected chi connectivity index (χ4v) is 2.24. The van der Waals surface area contributed by atoms with Gasteiger partial charge in [-0.2, -0.15) is 0 Å². The van der Waals surface area contributed by atoms with Gasteiger partial charge in [0.2, 0.25) is 0 Å². The lowest BCUT2D eigenvalue weighted by Crippen LogP contribution is -1.99. The number of hydrogen-bond donors (Lipinski definition) is 2. The summed E-state index contributed by atoms with van der Waals surface area (Å²) in [6.07, 6.45) is 1.79. The second-order valence-corrected chi connectivity index (χ2v) is 4.96. The van der Waals surface area contributed by atoms with Crippen LogP contribution in [-0.4, -0.2) is 10.1 Å². The third kappa shape index (κ3) is 2.68. The Balaban J connectivity index is 1.77. The molecule has 0 aliphatic heterocycles. The molecule has 2 N–H and O–H groups in total. The van der Waals surface area contributed by atoms with E-state index in [0.717, 1.165) is 22.2 Å². The Hall–Kier alpha value is -2.26. The van der Waals surface area contributed by atoms with E-state index >= 15 is 0 Å². The molecule has 3 rings (SSSR count). The summed E-state index contributed by atoms with van der Waals surface area (Å²) in [5, 5.41) is 14.1. The van der Waals surface area contributed by atoms with Gasteiger partial charge in [0.15, 0.2) is 0 Å². The van der Waals surface area contributed by atoms with Gasteiger partial charge >= 0.3 is 0 Å². The van der Waals surface area contributed by atoms with E-state index in [1.54, 1.807) is 24.4 Å². The molecule has 0 atom stereocenters. The van der Waals surface area contributed by atoms with Gasteiger partial charge in [0.1, 0.15) is 5.75 Å². The maximum atomic E-state index is 9.38. The average molecular weight is 285 g/mol. The third-order valence-corrected chi connectivity index (χ3v) is 3.41. The van der Waals surface area contributed by atoms with Gasteiger partial charge in [-0.15, -0.1) is 0 Å². The predicted molar refractivity (Wildman–Crippen MR) is 82.2 cm³/mol. The van der Waals surface area contributed by atoms with Gasteiger partial charge in [-0.05, 0) is 42.0 Å². The van der Waals surface area contributed by atoms with Crippen molar-refractivity contribution in [3.8, 4) is 5.75 Å². The summed E-state index contributed by atoms with van der Waals surface area (Å²) in [4.78, 5) is 4.30. The summed E-state index contributed by atoms with van der Waals surface area (Å²) >= 11 is 5.88. The second-order valence-electron chi connectivity index (χ2n) is 4.55. The Kier molecular flexibility index (Phi) is 3.44. The van der Waals surface area contributed by atoms with E-state index in [1.807, 2.05) is 24.3 Å². The van der Waals surface area contributed by atoms with E-state index in [-0.39, 0.29) is 5.75 Å². The van der Waals surface area contributed by atoms with Crippen LogP contribution in [0.5, 0.6) is 5.75 Å². The van der Waals surface area contributed by atoms with Crippen molar-refractivity contribution in [3.05, 3.63) is 65.3 Å². The zero-order valence-corrected chi connectivity index (χ0v) is 11.4. The Morgan fingerprint density at radius 2 is 2.00 bits per heavy atom. The second kappa shape index (κ2) is 5.39. The summed E-state index contributed by atoms with van der Waals surface area (Å²) in [5.74, 6) is 0.0917. The van der Waals surface area contributed by atoms with Crippen LogP contribution < -0.4 is 5.32 Å². The lowest BCUT2D eigenvalue weighted by Gasteiger charge is -2.08. The van der Waals surface area contributed by atoms with E-state index in [0.29, 0.717) is 11.6 Å². The summed E-state index contributed by atoms with van der Waals surface area (Å²) in [5.41, 5.74) is 3.03. The molecule has 0 saturated carbocycles. The van der Waals surface area contributed by atoms with Gasteiger partial charge in [-0.1, -0.05) is 23.7 Å². The molecular formula is C16H13ClN2O. The molecule has 0 unspecified atom stereocenters. The molecule has 0 radical (unpaired) electrons. The van der Waals surface area contributed by atoms with E-state index in [1.165, 1.54) is 0 Å². The Morgan fingerprint density at radius 3 is 2.85 bits per heavy atom. The number of rotatable bonds is 3. The Bertz CT molecular complexity index is 758. The predicted octanol–water partition coefficient (Wildman–Crippen LogP) is 4.21. The van der Waals surface area contributed by atoms with Crippen molar-refractivity contribution in [1.29, 1.82) is 0 Å². The van der Waals surface area contributed by atoms with Crippen molar-refractivity contribution in [1.82, 2.24) is 4.98 Å². The first-order chi connectivity index (χ1) is 9.72. The number of aromatic nitrogens is 1. The Morgan fingerprint density at radius 1 is 1.10 bits per heavy atom. The summed E-state index contributed by atoms with van der Waals surface area (Å²) < 4.78 is 0. The molecule has 3 nitrogen and oxygen atoms in total. The number of nitrogens with zero attached hydrogens (tertiary/aromatic N) is 1. The number of fused-ring (bicyclic) bond motifs is 1. The van der Waals surface area contributed by atoms with Gasteiger partial charge in [-0.3, -0.25) is 4.98 Å². The van der Waals surface area contributed by atoms with Crippen molar-refractivity contribution in [2.75, 3.05) is 5.32 Å². The molecule has 0 aliphatic carbocycles. The lowest BCUT2D eigenvalue weighted by atomic mass is 10.1. The molecule has 0 saturated heterocycles. The molecule has 0 amide bonds. The van der Waals surface area contributed by atoms with E-state index in [2.05, 4.69) is 16.4 Å². The summed E-state index contributed by atoms with van der Waals surface area (Å²) in [7, 11) is 0. The summed E-state index contributed by atoms with van der Waals surface area (Å²) in [6, 6.07) is 15.2. The first-order valence-electron chi connectivity index (χ1n) is 6.28. The minimum atomic E-state index is 0.0917. The quantitative estimate of drug-likeness (QED) is 0.708. The molecule has 100 valence electrons. The summed E-state index contributed by atoms with van der Waals surface area (Å²) in [6.45, 7) is 0.686. The van der Waals surface area contributed by atoms with Crippen molar-refractivity contribution < 1.29 is 5.11 Å². The molecule has 1 aromatic heterocycles. The highest BCUT2D eigenvalue weighted by molar-refractivity contribution is 6.32. The number of hydrogen-bond acceptors (Lipinski definition) is 3. The third-order valence-electron chi connectivity index (χ3n) is 3.11. The van der Waals surface area contributed by atoms with Crippen molar-refractivity contribution in [2.45, 2.75) is 6.54 Å². The minimum absolute atomic E-state index is 0.0917. The maximum Gasteiger partial charge on any atom is 0.134 e. The molecule has 20 heavy (non-hydrogen) atoms. The minimum Gasteiger partial charge on any atom is -0.506 e. The molecule has 1 heterocycles. The highest BCUT2D eigenvalue weighted by Gasteiger charge is 2.01. The average Bonchev–Trinajstić information content (AvgIpc) is 2.48. The Labute approximate surface area is 121 Å². The van der Waals surface area contributed by atoms with Crippen LogP contribution >= 0.6 is 11.6 Å². The van der Waals surface area contributed by atoms with Gasteiger partial charge in [-0.25, -0.2) is 0 Å². The lowest BCUT2D eigenvalue weighted by molar-refractivity contribution is 0.475. The fourth-order valence-electron chi connectivity index (χ4n) is 2.06. The van der Waals surface area contributed by atoms with Gasteiger partial charge < -0.3 is 10.4 Å². The molecule has 0 fully saturated rings. The highest BCUT2D eigenvalue weighted by Crippen LogP contribution is 2.26. The first kappa shape index (κ1) is 12.8. The standard InChI is InChI=1S/C16H13ClN2O/c17-14-9-13(4-6-16(14)20)19-10-11-3-5-15-12(8-11)2-1-7-18-15/h1-9,19-20H,10H2. The number of nitrogens with one attached hydrogen (secondary N) is 1. The fraction of sp³-hybridized carbons (Fsp3) is 0.0625. The zero-order chi connectivity index (χ0) is 13.9. The van der Waals surface area contributed by atoms with Crippen molar-refractivity contribution in [3.63, 3.8) is 0 Å². The number of halogens is 1. The van der Waals surface area contributed by atoms with Crippen molar-refractivity contribution >= 4 is 28.2 Å². The van der Waals surface area contributed by atoms with Crippen LogP contribution in [0.25, 0.3) is 10.9 Å². The number of phenols is 1. The molecule has 0 spiro atoms. The van der Waals surface area contributed by atoms with Crippen molar-refractivity contribution in [2.24, 2.45) is 0 Å². The van der Waals surface area contributed by atoms with Crippen LogP contribution in [0.1, 0.15) is 5.56 Å². The van der Waals surface area contributed by atoms with Crippen LogP contribution in [0, 0.1) is 0 Å². The van der Waals surface area contributed by atoms with E-state index < -0.39 is 0 Å². The van der Waals surface area contributed by atoms with E-state index in [9.17, 15) is 5.11 Å². The molecule has 4 heteroatoms. The normalized spacial score (nSPS) is 10.7. The highest BCUT2D eigenvalue weighted by atomic mass is 35.5. The SMILES string of the molecule is Oc1ccc(NCc2ccc3ncccc3c2)cc1Cl. The van der Waals surface area contributed by atoms with Gasteiger partial charge in [0, 0.05) is 23.8 Å². The van der Waals surface area contributed by atoms with Crippen LogP contribution in [0.15, 0.2) is 54.7 Å². The van der Waals surface area contributed by atoms with Gasteiger partial charge in [0.25, 0.3) is 0 Å². The molecule has 0 aliphatic rings. The zero-order valence-electron chi connectivity index (χ0n) is 10.7. The maximum absolute atomic E-state index is 9.38. The number of phenolic OH excluding ortho intramolecular Hbond substituents is 1. The van der Waals surface area contributed by atoms with E-state index in [4.69, 9.17) is 11.6 Å². The van der Waals surface area contributed by atoms with Crippen LogP contribution in [0.3, 0.4) is 0 Å².